The van der Waals surface area contributed by atoms with Gasteiger partial charge in [0.25, 0.3) is 11.2 Å². The molecule has 0 aliphatic carbocycles. The van der Waals surface area contributed by atoms with E-state index in [0.717, 1.165) is 11.1 Å². The van der Waals surface area contributed by atoms with Crippen LogP contribution in [0.25, 0.3) is 0 Å². The van der Waals surface area contributed by atoms with E-state index in [-0.39, 0.29) is 23.2 Å². The van der Waals surface area contributed by atoms with Gasteiger partial charge in [-0.3, -0.25) is 29.9 Å². The number of aromatic amines is 2. The zero-order chi connectivity index (χ0) is 24.4. The van der Waals surface area contributed by atoms with Gasteiger partial charge in [0.2, 0.25) is 5.88 Å². The van der Waals surface area contributed by atoms with E-state index in [2.05, 4.69) is 15.0 Å². The number of nitro benzene ring substituents is 1. The Morgan fingerprint density at radius 1 is 1.15 bits per heavy atom. The lowest BCUT2D eigenvalue weighted by Gasteiger charge is -2.23. The van der Waals surface area contributed by atoms with Crippen LogP contribution in [0.3, 0.4) is 0 Å². The summed E-state index contributed by atoms with van der Waals surface area (Å²) in [5, 5.41) is 22.3. The summed E-state index contributed by atoms with van der Waals surface area (Å²) in [4.78, 5) is 44.5. The van der Waals surface area contributed by atoms with Gasteiger partial charge in [-0.2, -0.15) is 0 Å². The second kappa shape index (κ2) is 9.22. The highest BCUT2D eigenvalue weighted by Gasteiger charge is 2.31. The third-order valence-electron chi connectivity index (χ3n) is 5.82. The van der Waals surface area contributed by atoms with Gasteiger partial charge in [-0.15, -0.1) is 0 Å². The van der Waals surface area contributed by atoms with Crippen molar-refractivity contribution in [3.63, 3.8) is 0 Å². The van der Waals surface area contributed by atoms with E-state index in [0.29, 0.717) is 30.2 Å². The number of H-pyrrole nitrogens is 2. The van der Waals surface area contributed by atoms with Crippen LogP contribution in [-0.2, 0) is 6.42 Å². The quantitative estimate of drug-likeness (QED) is 0.356. The number of methoxy groups -OCH3 is 2. The molecule has 0 fully saturated rings. The molecular formula is C23H22N4O7. The molecule has 3 N–H and O–H groups in total. The summed E-state index contributed by atoms with van der Waals surface area (Å²) < 4.78 is 10.8. The topological polar surface area (TPSA) is 160 Å². The summed E-state index contributed by atoms with van der Waals surface area (Å²) in [6.45, 7) is 0.468. The van der Waals surface area contributed by atoms with Crippen LogP contribution in [0.1, 0.15) is 34.6 Å². The van der Waals surface area contributed by atoms with Crippen molar-refractivity contribution in [3.05, 3.63) is 89.6 Å². The fraction of sp³-hybridized carbons (Fsp3) is 0.261. The summed E-state index contributed by atoms with van der Waals surface area (Å²) in [5.41, 5.74) is 0.353. The fourth-order valence-corrected chi connectivity index (χ4v) is 4.28. The van der Waals surface area contributed by atoms with E-state index in [4.69, 9.17) is 9.47 Å². The maximum absolute atomic E-state index is 12.7. The molecule has 1 aromatic heterocycles. The largest absolute Gasteiger partial charge is 0.494 e. The molecule has 1 atom stereocenters. The van der Waals surface area contributed by atoms with E-state index in [1.807, 2.05) is 6.07 Å². The number of ether oxygens (including phenoxy) is 2. The van der Waals surface area contributed by atoms with Crippen LogP contribution in [0.2, 0.25) is 0 Å². The number of aliphatic imine (C=N–C) groups is 1. The summed E-state index contributed by atoms with van der Waals surface area (Å²) in [7, 11) is 3.05. The number of benzene rings is 2. The minimum atomic E-state index is -0.972. The SMILES string of the molecule is COc1cc2c(cc1OC)C(C[C@H](c1ccccc1[N+](=O)[O-])c1c(O)[nH]c(=O)[nH]c1=O)=NCC2. The minimum absolute atomic E-state index is 0.0516. The summed E-state index contributed by atoms with van der Waals surface area (Å²) in [6.07, 6.45) is 0.704. The van der Waals surface area contributed by atoms with E-state index < -0.39 is 28.0 Å². The van der Waals surface area contributed by atoms with Gasteiger partial charge in [-0.1, -0.05) is 18.2 Å². The Balaban J connectivity index is 1.90. The first-order valence-corrected chi connectivity index (χ1v) is 10.4. The molecule has 0 saturated heterocycles. The maximum atomic E-state index is 12.7. The molecule has 1 aliphatic rings. The molecule has 34 heavy (non-hydrogen) atoms. The first-order chi connectivity index (χ1) is 16.3. The Hall–Kier alpha value is -4.41. The Morgan fingerprint density at radius 3 is 2.53 bits per heavy atom. The molecule has 0 amide bonds. The fourth-order valence-electron chi connectivity index (χ4n) is 4.28. The molecule has 2 aromatic carbocycles. The van der Waals surface area contributed by atoms with Crippen molar-refractivity contribution in [3.8, 4) is 17.4 Å². The van der Waals surface area contributed by atoms with E-state index >= 15 is 0 Å². The number of nitrogens with zero attached hydrogens (tertiary/aromatic N) is 2. The lowest BCUT2D eigenvalue weighted by atomic mass is 9.83. The number of hydrogen-bond acceptors (Lipinski definition) is 8. The van der Waals surface area contributed by atoms with Crippen molar-refractivity contribution in [1.82, 2.24) is 9.97 Å². The first-order valence-electron chi connectivity index (χ1n) is 10.4. The van der Waals surface area contributed by atoms with Crippen LogP contribution in [0.4, 0.5) is 5.69 Å². The standard InChI is InChI=1S/C23H22N4O7/c1-33-18-9-12-7-8-24-16(14(12)11-19(18)34-2)10-15(13-5-3-4-6-17(13)27(31)32)20-21(28)25-23(30)26-22(20)29/h3-6,9,11,15H,7-8,10H2,1-2H3,(H3,25,26,28,29,30)/t15-/m1/s1. The van der Waals surface area contributed by atoms with E-state index in [9.17, 15) is 24.8 Å². The van der Waals surface area contributed by atoms with Crippen LogP contribution >= 0.6 is 0 Å². The highest BCUT2D eigenvalue weighted by molar-refractivity contribution is 6.04. The number of nitro groups is 1. The predicted octanol–water partition coefficient (Wildman–Crippen LogP) is 2.26. The van der Waals surface area contributed by atoms with Gasteiger partial charge in [0.05, 0.1) is 24.7 Å². The highest BCUT2D eigenvalue weighted by atomic mass is 16.6. The van der Waals surface area contributed by atoms with Crippen LogP contribution in [0.5, 0.6) is 17.4 Å². The van der Waals surface area contributed by atoms with Crippen LogP contribution in [-0.4, -0.2) is 46.5 Å². The van der Waals surface area contributed by atoms with Crippen molar-refractivity contribution in [2.24, 2.45) is 4.99 Å². The molecule has 0 spiro atoms. The van der Waals surface area contributed by atoms with Crippen molar-refractivity contribution >= 4 is 11.4 Å². The number of aromatic hydroxyl groups is 1. The van der Waals surface area contributed by atoms with Crippen molar-refractivity contribution in [2.75, 3.05) is 20.8 Å². The van der Waals surface area contributed by atoms with Crippen LogP contribution < -0.4 is 20.7 Å². The number of nitrogens with one attached hydrogen (secondary N) is 2. The lowest BCUT2D eigenvalue weighted by Crippen LogP contribution is -2.28. The zero-order valence-electron chi connectivity index (χ0n) is 18.5. The van der Waals surface area contributed by atoms with Gasteiger partial charge in [0.15, 0.2) is 11.5 Å². The first kappa shape index (κ1) is 22.8. The lowest BCUT2D eigenvalue weighted by molar-refractivity contribution is -0.385. The molecule has 0 radical (unpaired) electrons. The van der Waals surface area contributed by atoms with Gasteiger partial charge in [-0.25, -0.2) is 4.79 Å². The van der Waals surface area contributed by atoms with Gasteiger partial charge in [-0.05, 0) is 24.1 Å². The Morgan fingerprint density at radius 2 is 1.85 bits per heavy atom. The Kier molecular flexibility index (Phi) is 6.17. The predicted molar refractivity (Wildman–Crippen MR) is 124 cm³/mol. The molecular weight excluding hydrogens is 444 g/mol. The molecule has 0 bridgehead atoms. The second-order valence-corrected chi connectivity index (χ2v) is 7.69. The number of fused-ring (bicyclic) bond motifs is 1. The minimum Gasteiger partial charge on any atom is -0.494 e. The summed E-state index contributed by atoms with van der Waals surface area (Å²) in [5.74, 6) is -0.573. The van der Waals surface area contributed by atoms with Gasteiger partial charge in [0.1, 0.15) is 0 Å². The summed E-state index contributed by atoms with van der Waals surface area (Å²) in [6, 6.07) is 9.60. The molecule has 11 heteroatoms. The van der Waals surface area contributed by atoms with E-state index in [1.54, 1.807) is 12.1 Å². The van der Waals surface area contributed by atoms with Crippen molar-refractivity contribution < 1.29 is 19.5 Å². The smallest absolute Gasteiger partial charge is 0.328 e. The third-order valence-corrected chi connectivity index (χ3v) is 5.82. The molecule has 11 nitrogen and oxygen atoms in total. The molecule has 0 saturated carbocycles. The summed E-state index contributed by atoms with van der Waals surface area (Å²) >= 11 is 0. The Labute approximate surface area is 192 Å². The Bertz CT molecular complexity index is 1410. The zero-order valence-corrected chi connectivity index (χ0v) is 18.5. The van der Waals surface area contributed by atoms with E-state index in [1.165, 1.54) is 32.4 Å². The molecule has 2 heterocycles. The average molecular weight is 466 g/mol. The van der Waals surface area contributed by atoms with Crippen LogP contribution in [0.15, 0.2) is 51.0 Å². The highest BCUT2D eigenvalue weighted by Crippen LogP contribution is 2.39. The molecule has 3 aromatic rings. The van der Waals surface area contributed by atoms with Crippen molar-refractivity contribution in [2.45, 2.75) is 18.8 Å². The monoisotopic (exact) mass is 466 g/mol. The maximum Gasteiger partial charge on any atom is 0.328 e. The second-order valence-electron chi connectivity index (χ2n) is 7.69. The number of aromatic nitrogens is 2. The molecule has 0 unspecified atom stereocenters. The number of rotatable bonds is 7. The van der Waals surface area contributed by atoms with Gasteiger partial charge in [0, 0.05) is 41.8 Å². The molecule has 1 aliphatic heterocycles. The average Bonchev–Trinajstić information content (AvgIpc) is 2.82. The van der Waals surface area contributed by atoms with Gasteiger partial charge >= 0.3 is 5.69 Å². The third kappa shape index (κ3) is 4.15. The number of hydrogen-bond donors (Lipinski definition) is 3. The molecule has 176 valence electrons. The van der Waals surface area contributed by atoms with Crippen LogP contribution in [0, 0.1) is 10.1 Å². The van der Waals surface area contributed by atoms with Gasteiger partial charge < -0.3 is 14.6 Å². The van der Waals surface area contributed by atoms with Crippen molar-refractivity contribution in [1.29, 1.82) is 0 Å². The molecule has 4 rings (SSSR count). The normalized spacial score (nSPS) is 13.5. The number of para-hydroxylation sites is 1.